The summed E-state index contributed by atoms with van der Waals surface area (Å²) in [5, 5.41) is 11.8. The van der Waals surface area contributed by atoms with Crippen molar-refractivity contribution < 1.29 is 18.7 Å². The topological polar surface area (TPSA) is 123 Å². The van der Waals surface area contributed by atoms with E-state index in [0.717, 1.165) is 31.2 Å². The first-order valence-corrected chi connectivity index (χ1v) is 11.4. The van der Waals surface area contributed by atoms with E-state index < -0.39 is 6.03 Å². The van der Waals surface area contributed by atoms with Gasteiger partial charge in [0.25, 0.3) is 0 Å². The number of urea groups is 1. The van der Waals surface area contributed by atoms with Gasteiger partial charge in [0, 0.05) is 26.3 Å². The van der Waals surface area contributed by atoms with Crippen LogP contribution in [-0.2, 0) is 16.1 Å². The van der Waals surface area contributed by atoms with E-state index in [4.69, 9.17) is 15.2 Å². The van der Waals surface area contributed by atoms with Crippen molar-refractivity contribution in [2.24, 2.45) is 0 Å². The predicted octanol–water partition coefficient (Wildman–Crippen LogP) is 3.66. The van der Waals surface area contributed by atoms with Crippen LogP contribution in [0.3, 0.4) is 0 Å². The third kappa shape index (κ3) is 4.40. The number of pyridine rings is 1. The fraction of sp³-hybridized carbons (Fsp3) is 0.478. The zero-order valence-electron chi connectivity index (χ0n) is 18.5. The summed E-state index contributed by atoms with van der Waals surface area (Å²) in [4.78, 5) is 17.0. The molecule has 3 aliphatic rings. The van der Waals surface area contributed by atoms with Gasteiger partial charge in [-0.1, -0.05) is 6.07 Å². The van der Waals surface area contributed by atoms with E-state index in [1.807, 2.05) is 6.07 Å². The third-order valence-corrected chi connectivity index (χ3v) is 6.64. The van der Waals surface area contributed by atoms with Gasteiger partial charge in [0.2, 0.25) is 0 Å². The number of carbonyl (C=O) groups is 1. The summed E-state index contributed by atoms with van der Waals surface area (Å²) in [6.07, 6.45) is 3.12. The van der Waals surface area contributed by atoms with E-state index in [0.29, 0.717) is 48.3 Å². The van der Waals surface area contributed by atoms with E-state index in [-0.39, 0.29) is 29.7 Å². The second-order valence-corrected chi connectivity index (χ2v) is 8.76. The lowest BCUT2D eigenvalue weighted by Crippen LogP contribution is -2.52. The Morgan fingerprint density at radius 2 is 1.97 bits per heavy atom. The van der Waals surface area contributed by atoms with E-state index in [2.05, 4.69) is 26.3 Å². The number of nitrogen functional groups attached to an aromatic ring is 1. The second kappa shape index (κ2) is 9.03. The minimum absolute atomic E-state index is 0.0818. The maximum Gasteiger partial charge on any atom is 0.320 e. The van der Waals surface area contributed by atoms with Crippen molar-refractivity contribution in [1.29, 1.82) is 0 Å². The number of benzene rings is 1. The number of ether oxygens (including phenoxy) is 2. The molecule has 6 N–H and O–H groups in total. The Bertz CT molecular complexity index is 1060. The van der Waals surface area contributed by atoms with Crippen molar-refractivity contribution >= 4 is 34.7 Å². The quantitative estimate of drug-likeness (QED) is 0.467. The molecule has 33 heavy (non-hydrogen) atoms. The number of nitrogens with two attached hydrogens (primary N) is 1. The van der Waals surface area contributed by atoms with Crippen LogP contribution in [0.5, 0.6) is 0 Å². The van der Waals surface area contributed by atoms with Crippen molar-refractivity contribution in [2.45, 2.75) is 50.4 Å². The molecule has 3 heterocycles. The lowest BCUT2D eigenvalue weighted by Gasteiger charge is -2.37. The van der Waals surface area contributed by atoms with Crippen LogP contribution < -0.4 is 27.0 Å². The van der Waals surface area contributed by atoms with Gasteiger partial charge in [-0.15, -0.1) is 0 Å². The fourth-order valence-electron chi connectivity index (χ4n) is 4.60. The maximum absolute atomic E-state index is 15.7. The fourth-order valence-corrected chi connectivity index (χ4v) is 4.60. The maximum atomic E-state index is 15.7. The lowest BCUT2D eigenvalue weighted by molar-refractivity contribution is -0.0319. The molecule has 2 aromatic rings. The highest BCUT2D eigenvalue weighted by atomic mass is 19.1. The molecule has 1 saturated heterocycles. The van der Waals surface area contributed by atoms with Crippen molar-refractivity contribution in [1.82, 2.24) is 10.3 Å². The molecule has 1 aliphatic carbocycles. The number of amides is 2. The van der Waals surface area contributed by atoms with Gasteiger partial charge < -0.3 is 31.2 Å². The molecule has 1 aromatic heterocycles. The highest BCUT2D eigenvalue weighted by Gasteiger charge is 2.33. The molecule has 0 unspecified atom stereocenters. The van der Waals surface area contributed by atoms with Crippen LogP contribution in [0.15, 0.2) is 18.2 Å². The number of aromatic nitrogens is 1. The van der Waals surface area contributed by atoms with Crippen molar-refractivity contribution in [3.63, 3.8) is 0 Å². The monoisotopic (exact) mass is 456 g/mol. The van der Waals surface area contributed by atoms with Crippen LogP contribution in [0.4, 0.5) is 37.9 Å². The number of nitrogens with zero attached hydrogens (tertiary/aromatic N) is 1. The molecule has 4 bridgehead atoms. The van der Waals surface area contributed by atoms with Crippen LogP contribution in [0.2, 0.25) is 0 Å². The number of fused-ring (bicyclic) bond motifs is 5. The molecule has 0 spiro atoms. The highest BCUT2D eigenvalue weighted by Crippen LogP contribution is 2.36. The molecule has 0 radical (unpaired) electrons. The molecular weight excluding hydrogens is 427 g/mol. The number of hydrogen-bond donors (Lipinski definition) is 5. The minimum atomic E-state index is -0.407. The zero-order valence-corrected chi connectivity index (χ0v) is 18.5. The van der Waals surface area contributed by atoms with Gasteiger partial charge in [-0.05, 0) is 48.8 Å². The minimum Gasteiger partial charge on any atom is -0.394 e. The molecule has 10 heteroatoms. The molecule has 2 amide bonds. The first kappa shape index (κ1) is 21.7. The standard InChI is InChI=1S/C23H29FN6O3/c1-26-17-10-19-27-16-9-12(8-14(20(16)24)13-4-6-32-7-5-13)11-33-18-3-2-15(18)28-23(31)30-22(29-19)21(17)25/h8-10,13,15,18H,2-7,11,25H2,1H3,(H4,26,27,28,29,30,31)/t15-,18-/m1/s1. The van der Waals surface area contributed by atoms with Crippen molar-refractivity contribution in [3.8, 4) is 0 Å². The summed E-state index contributed by atoms with van der Waals surface area (Å²) in [6.45, 7) is 1.58. The smallest absolute Gasteiger partial charge is 0.320 e. The molecule has 176 valence electrons. The summed E-state index contributed by atoms with van der Waals surface area (Å²) in [5.41, 5.74) is 8.90. The molecule has 9 nitrogen and oxygen atoms in total. The number of hydrogen-bond acceptors (Lipinski definition) is 7. The molecule has 1 saturated carbocycles. The Morgan fingerprint density at radius 3 is 2.70 bits per heavy atom. The van der Waals surface area contributed by atoms with E-state index in [1.54, 1.807) is 19.2 Å². The van der Waals surface area contributed by atoms with Gasteiger partial charge in [-0.3, -0.25) is 5.32 Å². The van der Waals surface area contributed by atoms with Gasteiger partial charge in [-0.2, -0.15) is 0 Å². The van der Waals surface area contributed by atoms with Crippen molar-refractivity contribution in [2.75, 3.05) is 41.9 Å². The van der Waals surface area contributed by atoms with Gasteiger partial charge in [0.05, 0.1) is 35.8 Å². The second-order valence-electron chi connectivity index (χ2n) is 8.76. The van der Waals surface area contributed by atoms with Gasteiger partial charge in [0.1, 0.15) is 11.6 Å². The van der Waals surface area contributed by atoms with Gasteiger partial charge >= 0.3 is 6.03 Å². The van der Waals surface area contributed by atoms with Crippen molar-refractivity contribution in [3.05, 3.63) is 35.1 Å². The Morgan fingerprint density at radius 1 is 1.15 bits per heavy atom. The SMILES string of the molecule is CNc1cc2nc(c1N)NC(=O)N[C@@H]1CC[C@H]1OCc1cc(c(F)c(C3CCOCC3)c1)N2. The first-order valence-electron chi connectivity index (χ1n) is 11.4. The Kier molecular flexibility index (Phi) is 5.94. The van der Waals surface area contributed by atoms with E-state index >= 15 is 4.39 Å². The van der Waals surface area contributed by atoms with Crippen LogP contribution in [0, 0.1) is 5.82 Å². The largest absolute Gasteiger partial charge is 0.394 e. The lowest BCUT2D eigenvalue weighted by atomic mass is 9.88. The summed E-state index contributed by atoms with van der Waals surface area (Å²) in [5.74, 6) is 0.323. The number of carbonyl (C=O) groups excluding carboxylic acids is 1. The average Bonchev–Trinajstić information content (AvgIpc) is 2.80. The molecule has 5 rings (SSSR count). The highest BCUT2D eigenvalue weighted by molar-refractivity contribution is 5.95. The number of rotatable bonds is 2. The zero-order chi connectivity index (χ0) is 22.9. The number of nitrogens with one attached hydrogen (secondary N) is 4. The third-order valence-electron chi connectivity index (χ3n) is 6.64. The Labute approximate surface area is 191 Å². The summed E-state index contributed by atoms with van der Waals surface area (Å²) in [6, 6.07) is 4.84. The summed E-state index contributed by atoms with van der Waals surface area (Å²) >= 11 is 0. The molecule has 2 aliphatic heterocycles. The van der Waals surface area contributed by atoms with E-state index in [9.17, 15) is 4.79 Å². The first-order chi connectivity index (χ1) is 16.0. The average molecular weight is 457 g/mol. The van der Waals surface area contributed by atoms with Crippen LogP contribution in [0.1, 0.15) is 42.7 Å². The number of anilines is 5. The summed E-state index contributed by atoms with van der Waals surface area (Å²) < 4.78 is 27.3. The predicted molar refractivity (Wildman–Crippen MR) is 124 cm³/mol. The van der Waals surface area contributed by atoms with Gasteiger partial charge in [-0.25, -0.2) is 14.2 Å². The Balaban J connectivity index is 1.58. The Hall–Kier alpha value is -3.11. The number of halogens is 1. The van der Waals surface area contributed by atoms with E-state index in [1.165, 1.54) is 0 Å². The van der Waals surface area contributed by atoms with Gasteiger partial charge in [0.15, 0.2) is 5.82 Å². The normalized spacial score (nSPS) is 23.2. The molecule has 1 aromatic carbocycles. The molecule has 2 atom stereocenters. The van der Waals surface area contributed by atoms with Crippen LogP contribution >= 0.6 is 0 Å². The van der Waals surface area contributed by atoms with Crippen LogP contribution in [-0.4, -0.2) is 43.4 Å². The molecular formula is C23H29FN6O3. The van der Waals surface area contributed by atoms with Crippen LogP contribution in [0.25, 0.3) is 0 Å². The molecule has 2 fully saturated rings. The summed E-state index contributed by atoms with van der Waals surface area (Å²) in [7, 11) is 1.72.